The van der Waals surface area contributed by atoms with E-state index >= 15 is 0 Å². The summed E-state index contributed by atoms with van der Waals surface area (Å²) in [5, 5.41) is 0. The van der Waals surface area contributed by atoms with Gasteiger partial charge in [-0.15, -0.1) is 0 Å². The van der Waals surface area contributed by atoms with Crippen molar-refractivity contribution in [1.29, 1.82) is 0 Å². The van der Waals surface area contributed by atoms with Crippen LogP contribution in [-0.2, 0) is 23.7 Å². The summed E-state index contributed by atoms with van der Waals surface area (Å²) in [5.41, 5.74) is 3.04. The number of benzene rings is 1. The Bertz CT molecular complexity index is 807. The number of aromatic nitrogens is 1. The molecule has 1 aromatic heterocycles. The van der Waals surface area contributed by atoms with Crippen LogP contribution in [0, 0.1) is 0 Å². The average Bonchev–Trinajstić information content (AvgIpc) is 3.05. The molecule has 1 fully saturated rings. The van der Waals surface area contributed by atoms with E-state index in [2.05, 4.69) is 20.8 Å². The number of aryl methyl sites for hydroxylation is 1. The first kappa shape index (κ1) is 19.2. The molecule has 0 unspecified atom stereocenters. The minimum atomic E-state index is 0.0469. The number of piperazine rings is 1. The van der Waals surface area contributed by atoms with Crippen molar-refractivity contribution in [2.24, 2.45) is 7.05 Å². The van der Waals surface area contributed by atoms with Crippen LogP contribution in [0.4, 0.5) is 0 Å². The van der Waals surface area contributed by atoms with Gasteiger partial charge in [0.15, 0.2) is 0 Å². The molecule has 5 heteroatoms. The van der Waals surface area contributed by atoms with Gasteiger partial charge in [0.25, 0.3) is 5.91 Å². The second-order valence-corrected chi connectivity index (χ2v) is 8.36. The van der Waals surface area contributed by atoms with Gasteiger partial charge in [0.1, 0.15) is 0 Å². The zero-order valence-electron chi connectivity index (χ0n) is 16.7. The van der Waals surface area contributed by atoms with Gasteiger partial charge in [-0.25, -0.2) is 0 Å². The smallest absolute Gasteiger partial charge is 0.253 e. The van der Waals surface area contributed by atoms with Crippen LogP contribution in [0.3, 0.4) is 0 Å². The fourth-order valence-corrected chi connectivity index (χ4v) is 3.41. The Balaban J connectivity index is 1.55. The van der Waals surface area contributed by atoms with E-state index < -0.39 is 0 Å². The second-order valence-electron chi connectivity index (χ2n) is 8.36. The predicted octanol–water partition coefficient (Wildman–Crippen LogP) is 2.85. The zero-order chi connectivity index (χ0) is 19.6. The number of carbonyl (C=O) groups is 2. The highest BCUT2D eigenvalue weighted by molar-refractivity contribution is 5.94. The summed E-state index contributed by atoms with van der Waals surface area (Å²) in [4.78, 5) is 28.9. The topological polar surface area (TPSA) is 45.6 Å². The van der Waals surface area contributed by atoms with Gasteiger partial charge in [-0.3, -0.25) is 9.59 Å². The summed E-state index contributed by atoms with van der Waals surface area (Å²) >= 11 is 0. The fourth-order valence-electron chi connectivity index (χ4n) is 3.41. The Morgan fingerprint density at radius 1 is 0.926 bits per heavy atom. The number of nitrogens with zero attached hydrogens (tertiary/aromatic N) is 3. The minimum Gasteiger partial charge on any atom is -0.357 e. The van der Waals surface area contributed by atoms with Gasteiger partial charge in [-0.1, -0.05) is 32.9 Å². The first-order chi connectivity index (χ1) is 12.7. The van der Waals surface area contributed by atoms with Crippen molar-refractivity contribution in [3.05, 3.63) is 59.4 Å². The summed E-state index contributed by atoms with van der Waals surface area (Å²) in [7, 11) is 1.95. The van der Waals surface area contributed by atoms with Gasteiger partial charge in [-0.05, 0) is 34.7 Å². The van der Waals surface area contributed by atoms with Crippen molar-refractivity contribution in [1.82, 2.24) is 14.4 Å². The Labute approximate surface area is 161 Å². The van der Waals surface area contributed by atoms with Gasteiger partial charge < -0.3 is 14.4 Å². The molecule has 1 aliphatic heterocycles. The third kappa shape index (κ3) is 4.59. The normalized spacial score (nSPS) is 15.1. The van der Waals surface area contributed by atoms with Gasteiger partial charge >= 0.3 is 0 Å². The molecular weight excluding hydrogens is 338 g/mol. The molecule has 1 aromatic carbocycles. The summed E-state index contributed by atoms with van der Waals surface area (Å²) in [5.74, 6) is 0.174. The molecule has 0 radical (unpaired) electrons. The lowest BCUT2D eigenvalue weighted by atomic mass is 9.86. The highest BCUT2D eigenvalue weighted by Gasteiger charge is 2.25. The van der Waals surface area contributed by atoms with Crippen LogP contribution in [0.15, 0.2) is 42.7 Å². The van der Waals surface area contributed by atoms with Crippen molar-refractivity contribution in [2.45, 2.75) is 32.6 Å². The lowest BCUT2D eigenvalue weighted by molar-refractivity contribution is -0.131. The highest BCUT2D eigenvalue weighted by atomic mass is 16.2. The average molecular weight is 367 g/mol. The minimum absolute atomic E-state index is 0.0469. The number of rotatable bonds is 3. The summed E-state index contributed by atoms with van der Waals surface area (Å²) < 4.78 is 1.95. The molecule has 1 aliphatic rings. The van der Waals surface area contributed by atoms with E-state index in [0.29, 0.717) is 38.2 Å². The monoisotopic (exact) mass is 367 g/mol. The molecule has 0 aliphatic carbocycles. The summed E-state index contributed by atoms with van der Waals surface area (Å²) in [6.07, 6.45) is 4.34. The largest absolute Gasteiger partial charge is 0.357 e. The Morgan fingerprint density at radius 2 is 1.52 bits per heavy atom. The maximum absolute atomic E-state index is 12.8. The lowest BCUT2D eigenvalue weighted by Crippen LogP contribution is -2.51. The molecule has 0 atom stereocenters. The first-order valence-corrected chi connectivity index (χ1v) is 9.52. The lowest BCUT2D eigenvalue weighted by Gasteiger charge is -2.35. The zero-order valence-corrected chi connectivity index (χ0v) is 16.7. The Kier molecular flexibility index (Phi) is 5.40. The van der Waals surface area contributed by atoms with Crippen LogP contribution >= 0.6 is 0 Å². The summed E-state index contributed by atoms with van der Waals surface area (Å²) in [6.45, 7) is 8.84. The highest BCUT2D eigenvalue weighted by Crippen LogP contribution is 2.22. The molecule has 0 saturated carbocycles. The molecule has 144 valence electrons. The molecule has 0 spiro atoms. The molecule has 0 bridgehead atoms. The number of hydrogen-bond donors (Lipinski definition) is 0. The van der Waals surface area contributed by atoms with Gasteiger partial charge in [0.05, 0.1) is 6.42 Å². The van der Waals surface area contributed by atoms with Gasteiger partial charge in [-0.2, -0.15) is 0 Å². The van der Waals surface area contributed by atoms with Crippen LogP contribution in [-0.4, -0.2) is 52.4 Å². The molecule has 0 N–H and O–H groups in total. The first-order valence-electron chi connectivity index (χ1n) is 9.52. The number of amides is 2. The molecule has 1 saturated heterocycles. The molecular formula is C22H29N3O2. The predicted molar refractivity (Wildman–Crippen MR) is 107 cm³/mol. The van der Waals surface area contributed by atoms with E-state index in [0.717, 1.165) is 5.56 Å². The maximum atomic E-state index is 12.8. The van der Waals surface area contributed by atoms with E-state index in [1.807, 2.05) is 64.1 Å². The van der Waals surface area contributed by atoms with Crippen LogP contribution in [0.2, 0.25) is 0 Å². The SMILES string of the molecule is Cn1ccc(CC(=O)N2CCN(C(=O)c3ccc(C(C)(C)C)cc3)CC2)c1. The number of carbonyl (C=O) groups excluding carboxylic acids is 2. The van der Waals surface area contributed by atoms with E-state index in [1.54, 1.807) is 0 Å². The summed E-state index contributed by atoms with van der Waals surface area (Å²) in [6, 6.07) is 9.87. The van der Waals surface area contributed by atoms with Crippen molar-refractivity contribution < 1.29 is 9.59 Å². The van der Waals surface area contributed by atoms with Crippen LogP contribution in [0.25, 0.3) is 0 Å². The van der Waals surface area contributed by atoms with Crippen LogP contribution in [0.5, 0.6) is 0 Å². The van der Waals surface area contributed by atoms with Gasteiger partial charge in [0, 0.05) is 51.2 Å². The van der Waals surface area contributed by atoms with Crippen molar-refractivity contribution >= 4 is 11.8 Å². The molecule has 2 heterocycles. The van der Waals surface area contributed by atoms with Gasteiger partial charge in [0.2, 0.25) is 5.91 Å². The molecule has 3 rings (SSSR count). The maximum Gasteiger partial charge on any atom is 0.253 e. The molecule has 5 nitrogen and oxygen atoms in total. The van der Waals surface area contributed by atoms with Crippen molar-refractivity contribution in [3.8, 4) is 0 Å². The van der Waals surface area contributed by atoms with E-state index in [-0.39, 0.29) is 17.2 Å². The van der Waals surface area contributed by atoms with Crippen LogP contribution < -0.4 is 0 Å². The van der Waals surface area contributed by atoms with E-state index in [1.165, 1.54) is 5.56 Å². The standard InChI is InChI=1S/C22H29N3O2/c1-22(2,3)19-7-5-18(6-8-19)21(27)25-13-11-24(12-14-25)20(26)15-17-9-10-23(4)16-17/h5-10,16H,11-15H2,1-4H3. The fraction of sp³-hybridized carbons (Fsp3) is 0.455. The third-order valence-corrected chi connectivity index (χ3v) is 5.17. The molecule has 27 heavy (non-hydrogen) atoms. The van der Waals surface area contributed by atoms with Crippen LogP contribution in [0.1, 0.15) is 42.3 Å². The van der Waals surface area contributed by atoms with E-state index in [4.69, 9.17) is 0 Å². The third-order valence-electron chi connectivity index (χ3n) is 5.17. The Hall–Kier alpha value is -2.56. The second kappa shape index (κ2) is 7.59. The quantitative estimate of drug-likeness (QED) is 0.837. The van der Waals surface area contributed by atoms with E-state index in [9.17, 15) is 9.59 Å². The molecule has 2 amide bonds. The Morgan fingerprint density at radius 3 is 2.04 bits per heavy atom. The van der Waals surface area contributed by atoms with Crippen molar-refractivity contribution in [2.75, 3.05) is 26.2 Å². The molecule has 2 aromatic rings. The number of hydrogen-bond acceptors (Lipinski definition) is 2. The van der Waals surface area contributed by atoms with Crippen molar-refractivity contribution in [3.63, 3.8) is 0 Å².